The largest absolute Gasteiger partial charge is 0.380 e. The number of para-hydroxylation sites is 1. The fourth-order valence-electron chi connectivity index (χ4n) is 3.14. The highest BCUT2D eigenvalue weighted by atomic mass is 79.9. The zero-order chi connectivity index (χ0) is 20.9. The number of hydrogen-bond donors (Lipinski definition) is 2. The Hall–Kier alpha value is -3.70. The third-order valence-corrected chi connectivity index (χ3v) is 5.00. The summed E-state index contributed by atoms with van der Waals surface area (Å²) < 4.78 is 2.39. The molecule has 7 nitrogen and oxygen atoms in total. The van der Waals surface area contributed by atoms with Crippen LogP contribution in [0, 0.1) is 11.3 Å². The summed E-state index contributed by atoms with van der Waals surface area (Å²) in [4.78, 5) is 17.0. The third-order valence-electron chi connectivity index (χ3n) is 4.57. The zero-order valence-electron chi connectivity index (χ0n) is 15.8. The Morgan fingerprint density at radius 3 is 2.87 bits per heavy atom. The van der Waals surface area contributed by atoms with Crippen molar-refractivity contribution in [3.8, 4) is 6.07 Å². The molecule has 2 aromatic heterocycles. The zero-order valence-corrected chi connectivity index (χ0v) is 17.4. The lowest BCUT2D eigenvalue weighted by molar-refractivity contribution is 0.102. The SMILES string of the molecule is N#CCn1ncc2cc(NC(=O)c3ccccc3NCc3ccnc(Br)c3)ccc21. The summed E-state index contributed by atoms with van der Waals surface area (Å²) in [5.41, 5.74) is 3.85. The standard InChI is InChI=1S/C22H17BrN6O/c23-21-11-15(7-9-25-21)13-26-19-4-2-1-3-18(19)22(30)28-17-5-6-20-16(12-17)14-27-29(20)10-8-24/h1-7,9,11-12,14,26H,10,13H2,(H,28,30). The number of nitrogens with zero attached hydrogens (tertiary/aromatic N) is 4. The number of carbonyl (C=O) groups excluding carboxylic acids is 1. The highest BCUT2D eigenvalue weighted by molar-refractivity contribution is 9.10. The monoisotopic (exact) mass is 460 g/mol. The van der Waals surface area contributed by atoms with Crippen LogP contribution in [0.3, 0.4) is 0 Å². The molecule has 0 saturated heterocycles. The van der Waals surface area contributed by atoms with Crippen molar-refractivity contribution >= 4 is 44.1 Å². The molecule has 0 aliphatic rings. The lowest BCUT2D eigenvalue weighted by Gasteiger charge is -2.13. The summed E-state index contributed by atoms with van der Waals surface area (Å²) in [7, 11) is 0. The van der Waals surface area contributed by atoms with E-state index in [1.54, 1.807) is 29.2 Å². The van der Waals surface area contributed by atoms with Gasteiger partial charge in [-0.25, -0.2) is 4.98 Å². The van der Waals surface area contributed by atoms with Crippen LogP contribution in [-0.2, 0) is 13.1 Å². The minimum Gasteiger partial charge on any atom is -0.380 e. The topological polar surface area (TPSA) is 95.6 Å². The molecule has 0 unspecified atom stereocenters. The number of halogens is 1. The van der Waals surface area contributed by atoms with Crippen LogP contribution in [0.5, 0.6) is 0 Å². The van der Waals surface area contributed by atoms with E-state index in [1.165, 1.54) is 0 Å². The first-order valence-electron chi connectivity index (χ1n) is 9.21. The molecule has 0 aliphatic heterocycles. The third kappa shape index (κ3) is 4.31. The summed E-state index contributed by atoms with van der Waals surface area (Å²) in [5, 5.41) is 20.2. The summed E-state index contributed by atoms with van der Waals surface area (Å²) in [6.07, 6.45) is 3.42. The Labute approximate surface area is 181 Å². The highest BCUT2D eigenvalue weighted by Crippen LogP contribution is 2.22. The number of benzene rings is 2. The molecule has 2 heterocycles. The molecule has 0 aliphatic carbocycles. The molecule has 4 aromatic rings. The van der Waals surface area contributed by atoms with Crippen LogP contribution in [0.25, 0.3) is 10.9 Å². The molecular weight excluding hydrogens is 444 g/mol. The maximum atomic E-state index is 12.9. The van der Waals surface area contributed by atoms with E-state index in [-0.39, 0.29) is 12.5 Å². The summed E-state index contributed by atoms with van der Waals surface area (Å²) in [5.74, 6) is -0.210. The second-order valence-corrected chi connectivity index (χ2v) is 7.39. The van der Waals surface area contributed by atoms with Crippen LogP contribution in [-0.4, -0.2) is 20.7 Å². The van der Waals surface area contributed by atoms with Crippen molar-refractivity contribution in [1.29, 1.82) is 5.26 Å². The van der Waals surface area contributed by atoms with Crippen LogP contribution in [0.4, 0.5) is 11.4 Å². The lowest BCUT2D eigenvalue weighted by Crippen LogP contribution is -2.14. The number of hydrogen-bond acceptors (Lipinski definition) is 5. The van der Waals surface area contributed by atoms with Gasteiger partial charge in [0.25, 0.3) is 5.91 Å². The van der Waals surface area contributed by atoms with Gasteiger partial charge >= 0.3 is 0 Å². The molecule has 0 atom stereocenters. The highest BCUT2D eigenvalue weighted by Gasteiger charge is 2.12. The molecule has 2 N–H and O–H groups in total. The van der Waals surface area contributed by atoms with Gasteiger partial charge in [-0.2, -0.15) is 10.4 Å². The second-order valence-electron chi connectivity index (χ2n) is 6.57. The van der Waals surface area contributed by atoms with Crippen molar-refractivity contribution in [3.63, 3.8) is 0 Å². The first-order chi connectivity index (χ1) is 14.6. The maximum absolute atomic E-state index is 12.9. The van der Waals surface area contributed by atoms with E-state index in [0.717, 1.165) is 26.8 Å². The van der Waals surface area contributed by atoms with Gasteiger partial charge in [-0.3, -0.25) is 9.48 Å². The Morgan fingerprint density at radius 1 is 1.17 bits per heavy atom. The van der Waals surface area contributed by atoms with E-state index >= 15 is 0 Å². The average Bonchev–Trinajstić information content (AvgIpc) is 3.15. The van der Waals surface area contributed by atoms with E-state index in [2.05, 4.69) is 42.7 Å². The minimum atomic E-state index is -0.210. The number of aromatic nitrogens is 3. The molecule has 8 heteroatoms. The van der Waals surface area contributed by atoms with Gasteiger partial charge in [0.05, 0.1) is 23.3 Å². The molecule has 0 saturated carbocycles. The van der Waals surface area contributed by atoms with E-state index in [1.807, 2.05) is 42.5 Å². The molecule has 0 spiro atoms. The molecule has 2 aromatic carbocycles. The van der Waals surface area contributed by atoms with Crippen molar-refractivity contribution in [2.45, 2.75) is 13.1 Å². The van der Waals surface area contributed by atoms with Gasteiger partial charge in [-0.05, 0) is 64.0 Å². The molecule has 1 amide bonds. The van der Waals surface area contributed by atoms with E-state index in [0.29, 0.717) is 17.8 Å². The molecular formula is C22H17BrN6O. The number of fused-ring (bicyclic) bond motifs is 1. The first-order valence-corrected chi connectivity index (χ1v) is 10.0. The first kappa shape index (κ1) is 19.6. The van der Waals surface area contributed by atoms with Crippen molar-refractivity contribution in [2.75, 3.05) is 10.6 Å². The fourth-order valence-corrected chi connectivity index (χ4v) is 3.55. The number of nitriles is 1. The van der Waals surface area contributed by atoms with Gasteiger partial charge in [-0.15, -0.1) is 0 Å². The Balaban J connectivity index is 1.51. The minimum absolute atomic E-state index is 0.183. The summed E-state index contributed by atoms with van der Waals surface area (Å²) in [6.45, 7) is 0.748. The van der Waals surface area contributed by atoms with E-state index in [4.69, 9.17) is 5.26 Å². The number of amides is 1. The lowest BCUT2D eigenvalue weighted by atomic mass is 10.1. The van der Waals surface area contributed by atoms with E-state index in [9.17, 15) is 4.79 Å². The van der Waals surface area contributed by atoms with Gasteiger partial charge in [0.2, 0.25) is 0 Å². The summed E-state index contributed by atoms with van der Waals surface area (Å²) >= 11 is 3.37. The van der Waals surface area contributed by atoms with Crippen molar-refractivity contribution in [3.05, 3.63) is 82.7 Å². The quantitative estimate of drug-likeness (QED) is 0.410. The van der Waals surface area contributed by atoms with Crippen molar-refractivity contribution < 1.29 is 4.79 Å². The number of nitrogens with one attached hydrogen (secondary N) is 2. The van der Waals surface area contributed by atoms with Gasteiger partial charge < -0.3 is 10.6 Å². The number of anilines is 2. The van der Waals surface area contributed by atoms with Gasteiger partial charge in [0, 0.05) is 29.5 Å². The molecule has 148 valence electrons. The Kier molecular flexibility index (Phi) is 5.72. The van der Waals surface area contributed by atoms with Crippen LogP contribution < -0.4 is 10.6 Å². The molecule has 0 bridgehead atoms. The second kappa shape index (κ2) is 8.76. The van der Waals surface area contributed by atoms with Crippen LogP contribution >= 0.6 is 15.9 Å². The van der Waals surface area contributed by atoms with E-state index < -0.39 is 0 Å². The summed E-state index contributed by atoms with van der Waals surface area (Å²) in [6, 6.07) is 18.8. The van der Waals surface area contributed by atoms with Crippen molar-refractivity contribution in [1.82, 2.24) is 14.8 Å². The number of rotatable bonds is 6. The average molecular weight is 461 g/mol. The van der Waals surface area contributed by atoms with Crippen molar-refractivity contribution in [2.24, 2.45) is 0 Å². The van der Waals surface area contributed by atoms with Crippen LogP contribution in [0.1, 0.15) is 15.9 Å². The molecule has 0 radical (unpaired) electrons. The number of pyridine rings is 1. The van der Waals surface area contributed by atoms with Crippen LogP contribution in [0.15, 0.2) is 71.6 Å². The fraction of sp³-hybridized carbons (Fsp3) is 0.0909. The molecule has 4 rings (SSSR count). The molecule has 0 fully saturated rings. The maximum Gasteiger partial charge on any atom is 0.257 e. The van der Waals surface area contributed by atoms with Gasteiger partial charge in [0.15, 0.2) is 0 Å². The normalized spacial score (nSPS) is 10.5. The smallest absolute Gasteiger partial charge is 0.257 e. The van der Waals surface area contributed by atoms with Gasteiger partial charge in [-0.1, -0.05) is 12.1 Å². The predicted octanol–water partition coefficient (Wildman–Crippen LogP) is 4.58. The number of carbonyl (C=O) groups is 1. The predicted molar refractivity (Wildman–Crippen MR) is 119 cm³/mol. The van der Waals surface area contributed by atoms with Gasteiger partial charge in [0.1, 0.15) is 11.1 Å². The Bertz CT molecular complexity index is 1260. The molecule has 30 heavy (non-hydrogen) atoms. The Morgan fingerprint density at radius 2 is 2.03 bits per heavy atom. The van der Waals surface area contributed by atoms with Crippen LogP contribution in [0.2, 0.25) is 0 Å².